The van der Waals surface area contributed by atoms with Gasteiger partial charge in [0.25, 0.3) is 6.47 Å². The third kappa shape index (κ3) is 6.07. The Labute approximate surface area is 161 Å². The molecule has 2 fully saturated rings. The van der Waals surface area contributed by atoms with Gasteiger partial charge in [0.2, 0.25) is 5.91 Å². The average molecular weight is 371 g/mol. The minimum atomic E-state index is -0.250. The summed E-state index contributed by atoms with van der Waals surface area (Å²) in [5.41, 5.74) is 1.64. The first-order valence-electron chi connectivity index (χ1n) is 9.64. The van der Waals surface area contributed by atoms with Crippen LogP contribution in [0.1, 0.15) is 43.2 Å². The summed E-state index contributed by atoms with van der Waals surface area (Å²) in [7, 11) is 2.26. The zero-order chi connectivity index (χ0) is 19.6. The van der Waals surface area contributed by atoms with Crippen LogP contribution in [0.25, 0.3) is 0 Å². The molecule has 1 aromatic carbocycles. The van der Waals surface area contributed by atoms with E-state index in [4.69, 9.17) is 15.2 Å². The maximum Gasteiger partial charge on any atom is 0.290 e. The first kappa shape index (κ1) is 20.9. The molecule has 146 valence electrons. The molecule has 1 unspecified atom stereocenters. The fourth-order valence-electron chi connectivity index (χ4n) is 4.21. The molecule has 27 heavy (non-hydrogen) atoms. The van der Waals surface area contributed by atoms with Crippen LogP contribution >= 0.6 is 0 Å². The molecule has 6 heteroatoms. The zero-order valence-corrected chi connectivity index (χ0v) is 16.0. The van der Waals surface area contributed by atoms with E-state index in [9.17, 15) is 4.79 Å². The lowest BCUT2D eigenvalue weighted by Gasteiger charge is -2.42. The number of carbonyl (C=O) groups excluding carboxylic acids is 1. The summed E-state index contributed by atoms with van der Waals surface area (Å²) in [5.74, 6) is 0.962. The number of benzene rings is 1. The van der Waals surface area contributed by atoms with E-state index < -0.39 is 0 Å². The number of hydrogen-bond acceptors (Lipinski definition) is 4. The van der Waals surface area contributed by atoms with Crippen molar-refractivity contribution in [3.8, 4) is 6.07 Å². The standard InChI is InChI=1S/C20H27N3O.CH2O2/c1-22-11-3-2-4-19(22)18-9-12-23(13-10-18)20(24)14-16-5-7-17(15-21)8-6-16;2-1-3/h5-8,18-19H,2-4,9-14H2,1H3;1H,(H,2,3). The number of carboxylic acid groups (broad SMARTS) is 1. The second-order valence-corrected chi connectivity index (χ2v) is 7.35. The van der Waals surface area contributed by atoms with Crippen molar-refractivity contribution in [2.45, 2.75) is 44.6 Å². The molecule has 0 saturated carbocycles. The summed E-state index contributed by atoms with van der Waals surface area (Å²) < 4.78 is 0. The fraction of sp³-hybridized carbons (Fsp3) is 0.571. The SMILES string of the molecule is CN1CCCCC1C1CCN(C(=O)Cc2ccc(C#N)cc2)CC1.O=CO. The van der Waals surface area contributed by atoms with E-state index in [-0.39, 0.29) is 12.4 Å². The first-order chi connectivity index (χ1) is 13.1. The molecule has 1 amide bonds. The van der Waals surface area contributed by atoms with Gasteiger partial charge in [-0.1, -0.05) is 18.6 Å². The molecule has 0 bridgehead atoms. The number of nitrogens with zero attached hydrogens (tertiary/aromatic N) is 3. The van der Waals surface area contributed by atoms with Gasteiger partial charge in [0, 0.05) is 19.1 Å². The third-order valence-corrected chi connectivity index (χ3v) is 5.70. The maximum atomic E-state index is 12.5. The minimum absolute atomic E-state index is 0.218. The highest BCUT2D eigenvalue weighted by Crippen LogP contribution is 2.29. The van der Waals surface area contributed by atoms with E-state index in [1.54, 1.807) is 12.1 Å². The van der Waals surface area contributed by atoms with E-state index in [0.29, 0.717) is 12.0 Å². The Kier molecular flexibility index (Phi) is 8.28. The molecule has 1 aromatic rings. The molecule has 2 heterocycles. The van der Waals surface area contributed by atoms with Crippen LogP contribution in [0.4, 0.5) is 0 Å². The van der Waals surface area contributed by atoms with E-state index in [1.807, 2.05) is 17.0 Å². The lowest BCUT2D eigenvalue weighted by molar-refractivity contribution is -0.132. The number of carbonyl (C=O) groups is 2. The van der Waals surface area contributed by atoms with Crippen LogP contribution in [-0.4, -0.2) is 60.0 Å². The van der Waals surface area contributed by atoms with Crippen LogP contribution in [0.15, 0.2) is 24.3 Å². The Hall–Kier alpha value is -2.39. The van der Waals surface area contributed by atoms with Gasteiger partial charge in [-0.15, -0.1) is 0 Å². The average Bonchev–Trinajstić information content (AvgIpc) is 2.70. The number of nitriles is 1. The van der Waals surface area contributed by atoms with Crippen LogP contribution in [0.5, 0.6) is 0 Å². The summed E-state index contributed by atoms with van der Waals surface area (Å²) in [6, 6.07) is 10.2. The maximum absolute atomic E-state index is 12.5. The van der Waals surface area contributed by atoms with Crippen molar-refractivity contribution in [2.24, 2.45) is 5.92 Å². The molecule has 2 saturated heterocycles. The quantitative estimate of drug-likeness (QED) is 0.826. The largest absolute Gasteiger partial charge is 0.483 e. The fourth-order valence-corrected chi connectivity index (χ4v) is 4.21. The number of rotatable bonds is 3. The highest BCUT2D eigenvalue weighted by molar-refractivity contribution is 5.78. The van der Waals surface area contributed by atoms with Gasteiger partial charge >= 0.3 is 0 Å². The molecule has 0 radical (unpaired) electrons. The van der Waals surface area contributed by atoms with Gasteiger partial charge in [-0.3, -0.25) is 9.59 Å². The number of hydrogen-bond donors (Lipinski definition) is 1. The number of amides is 1. The third-order valence-electron chi connectivity index (χ3n) is 5.70. The van der Waals surface area contributed by atoms with Crippen molar-refractivity contribution in [2.75, 3.05) is 26.7 Å². The molecule has 1 N–H and O–H groups in total. The Balaban J connectivity index is 0.000000817. The molecular formula is C21H29N3O3. The summed E-state index contributed by atoms with van der Waals surface area (Å²) in [5, 5.41) is 15.7. The van der Waals surface area contributed by atoms with Crippen LogP contribution in [-0.2, 0) is 16.0 Å². The molecule has 6 nitrogen and oxygen atoms in total. The van der Waals surface area contributed by atoms with Crippen molar-refractivity contribution in [3.05, 3.63) is 35.4 Å². The second kappa shape index (κ2) is 10.7. The monoisotopic (exact) mass is 371 g/mol. The predicted molar refractivity (Wildman–Crippen MR) is 103 cm³/mol. The Bertz CT molecular complexity index is 646. The van der Waals surface area contributed by atoms with Crippen molar-refractivity contribution >= 4 is 12.4 Å². The van der Waals surface area contributed by atoms with Crippen LogP contribution in [0, 0.1) is 17.2 Å². The van der Waals surface area contributed by atoms with Gasteiger partial charge in [-0.05, 0) is 62.9 Å². The number of likely N-dealkylation sites (tertiary alicyclic amines) is 2. The summed E-state index contributed by atoms with van der Waals surface area (Å²) in [4.78, 5) is 25.4. The molecular weight excluding hydrogens is 342 g/mol. The van der Waals surface area contributed by atoms with Gasteiger partial charge in [0.15, 0.2) is 0 Å². The Morgan fingerprint density at radius 1 is 1.19 bits per heavy atom. The van der Waals surface area contributed by atoms with Crippen LogP contribution in [0.2, 0.25) is 0 Å². The number of piperidine rings is 2. The van der Waals surface area contributed by atoms with Gasteiger partial charge < -0.3 is 14.9 Å². The van der Waals surface area contributed by atoms with E-state index in [1.165, 1.54) is 25.8 Å². The lowest BCUT2D eigenvalue weighted by Crippen LogP contribution is -2.47. The van der Waals surface area contributed by atoms with E-state index in [0.717, 1.165) is 43.5 Å². The Morgan fingerprint density at radius 2 is 1.81 bits per heavy atom. The lowest BCUT2D eigenvalue weighted by atomic mass is 9.84. The smallest absolute Gasteiger partial charge is 0.290 e. The van der Waals surface area contributed by atoms with Crippen molar-refractivity contribution < 1.29 is 14.7 Å². The molecule has 2 aliphatic heterocycles. The molecule has 0 aliphatic carbocycles. The molecule has 3 rings (SSSR count). The summed E-state index contributed by atoms with van der Waals surface area (Å²) in [6.45, 7) is 2.76. The molecule has 0 aromatic heterocycles. The second-order valence-electron chi connectivity index (χ2n) is 7.35. The molecule has 1 atom stereocenters. The predicted octanol–water partition coefficient (Wildman–Crippen LogP) is 2.52. The molecule has 0 spiro atoms. The van der Waals surface area contributed by atoms with Gasteiger partial charge in [0.05, 0.1) is 18.1 Å². The molecule has 2 aliphatic rings. The first-order valence-corrected chi connectivity index (χ1v) is 9.64. The normalized spacial score (nSPS) is 20.9. The van der Waals surface area contributed by atoms with Gasteiger partial charge in [-0.25, -0.2) is 0 Å². The van der Waals surface area contributed by atoms with E-state index >= 15 is 0 Å². The van der Waals surface area contributed by atoms with Crippen LogP contribution < -0.4 is 0 Å². The van der Waals surface area contributed by atoms with Gasteiger partial charge in [-0.2, -0.15) is 5.26 Å². The topological polar surface area (TPSA) is 84.6 Å². The minimum Gasteiger partial charge on any atom is -0.483 e. The summed E-state index contributed by atoms with van der Waals surface area (Å²) >= 11 is 0. The summed E-state index contributed by atoms with van der Waals surface area (Å²) in [6.07, 6.45) is 6.71. The van der Waals surface area contributed by atoms with Crippen molar-refractivity contribution in [1.82, 2.24) is 9.80 Å². The van der Waals surface area contributed by atoms with Crippen molar-refractivity contribution in [3.63, 3.8) is 0 Å². The highest BCUT2D eigenvalue weighted by atomic mass is 16.3. The van der Waals surface area contributed by atoms with Gasteiger partial charge in [0.1, 0.15) is 0 Å². The zero-order valence-electron chi connectivity index (χ0n) is 16.0. The Morgan fingerprint density at radius 3 is 2.37 bits per heavy atom. The van der Waals surface area contributed by atoms with Crippen molar-refractivity contribution in [1.29, 1.82) is 5.26 Å². The van der Waals surface area contributed by atoms with E-state index in [2.05, 4.69) is 18.0 Å². The van der Waals surface area contributed by atoms with Crippen LogP contribution in [0.3, 0.4) is 0 Å². The highest BCUT2D eigenvalue weighted by Gasteiger charge is 2.31.